The molecule has 1 heterocycles. The first-order chi connectivity index (χ1) is 8.38. The summed E-state index contributed by atoms with van der Waals surface area (Å²) in [6, 6.07) is 0. The standard InChI is InChI=1S/C15H26O3/c1-14(2)7-10-9(8-16)4-5-13-15(3,18-13)12(17)6-11(10)14/h9-13,16-17H,4-8H2,1-3H3/t9-,10-,11-,12-,13-,15-/m1/s1. The predicted molar refractivity (Wildman–Crippen MR) is 69.1 cm³/mol. The van der Waals surface area contributed by atoms with Crippen molar-refractivity contribution in [1.82, 2.24) is 0 Å². The maximum atomic E-state index is 10.4. The SMILES string of the molecule is CC1(C)C[C@@H]2[C@@H](CO)CC[C@H]3O[C@]3(C)[C@H](O)C[C@H]21. The van der Waals surface area contributed by atoms with E-state index in [1.807, 2.05) is 6.92 Å². The highest BCUT2D eigenvalue weighted by Gasteiger charge is 2.61. The van der Waals surface area contributed by atoms with Crippen LogP contribution in [0.1, 0.15) is 46.5 Å². The number of hydrogen-bond acceptors (Lipinski definition) is 3. The van der Waals surface area contributed by atoms with Gasteiger partial charge in [0, 0.05) is 6.61 Å². The van der Waals surface area contributed by atoms with E-state index in [0.717, 1.165) is 19.3 Å². The quantitative estimate of drug-likeness (QED) is 0.703. The van der Waals surface area contributed by atoms with Crippen LogP contribution in [-0.4, -0.2) is 34.6 Å². The van der Waals surface area contributed by atoms with Crippen molar-refractivity contribution >= 4 is 0 Å². The fraction of sp³-hybridized carbons (Fsp3) is 1.00. The molecule has 0 radical (unpaired) electrons. The van der Waals surface area contributed by atoms with Crippen molar-refractivity contribution in [3.63, 3.8) is 0 Å². The summed E-state index contributed by atoms with van der Waals surface area (Å²) in [5.74, 6) is 1.53. The highest BCUT2D eigenvalue weighted by molar-refractivity contribution is 5.09. The minimum absolute atomic E-state index is 0.210. The first-order valence-electron chi connectivity index (χ1n) is 7.35. The summed E-state index contributed by atoms with van der Waals surface area (Å²) < 4.78 is 5.73. The van der Waals surface area contributed by atoms with Crippen molar-refractivity contribution in [3.05, 3.63) is 0 Å². The van der Waals surface area contributed by atoms with Crippen molar-refractivity contribution in [3.8, 4) is 0 Å². The molecular formula is C15H26O3. The molecule has 1 saturated heterocycles. The Balaban J connectivity index is 1.81. The third kappa shape index (κ3) is 1.75. The summed E-state index contributed by atoms with van der Waals surface area (Å²) in [5.41, 5.74) is 0.00468. The number of ether oxygens (including phenoxy) is 1. The molecule has 104 valence electrons. The normalized spacial score (nSPS) is 54.2. The van der Waals surface area contributed by atoms with Gasteiger partial charge in [0.25, 0.3) is 0 Å². The van der Waals surface area contributed by atoms with E-state index in [-0.39, 0.29) is 24.4 Å². The highest BCUT2D eigenvalue weighted by Crippen LogP contribution is 2.59. The minimum atomic E-state index is -0.341. The molecule has 0 aromatic rings. The maximum absolute atomic E-state index is 10.4. The Bertz CT molecular complexity index is 341. The van der Waals surface area contributed by atoms with Crippen LogP contribution in [0.2, 0.25) is 0 Å². The molecule has 0 unspecified atom stereocenters. The van der Waals surface area contributed by atoms with Gasteiger partial charge in [-0.15, -0.1) is 0 Å². The molecule has 0 bridgehead atoms. The topological polar surface area (TPSA) is 53.0 Å². The largest absolute Gasteiger partial charge is 0.396 e. The molecule has 3 nitrogen and oxygen atoms in total. The Morgan fingerprint density at radius 3 is 2.56 bits per heavy atom. The predicted octanol–water partition coefficient (Wildman–Crippen LogP) is 1.96. The van der Waals surface area contributed by atoms with Crippen LogP contribution < -0.4 is 0 Å². The Hall–Kier alpha value is -0.120. The van der Waals surface area contributed by atoms with Crippen LogP contribution in [0.5, 0.6) is 0 Å². The van der Waals surface area contributed by atoms with Crippen LogP contribution >= 0.6 is 0 Å². The van der Waals surface area contributed by atoms with Gasteiger partial charge >= 0.3 is 0 Å². The second-order valence-electron chi connectivity index (χ2n) is 7.52. The number of epoxide rings is 1. The Morgan fingerprint density at radius 2 is 1.94 bits per heavy atom. The van der Waals surface area contributed by atoms with Crippen LogP contribution in [-0.2, 0) is 4.74 Å². The van der Waals surface area contributed by atoms with Crippen molar-refractivity contribution in [1.29, 1.82) is 0 Å². The summed E-state index contributed by atoms with van der Waals surface area (Å²) >= 11 is 0. The average molecular weight is 254 g/mol. The van der Waals surface area contributed by atoms with Crippen LogP contribution in [0.4, 0.5) is 0 Å². The van der Waals surface area contributed by atoms with Crippen LogP contribution in [0.15, 0.2) is 0 Å². The zero-order valence-electron chi connectivity index (χ0n) is 11.7. The lowest BCUT2D eigenvalue weighted by molar-refractivity contribution is -0.0911. The van der Waals surface area contributed by atoms with Gasteiger partial charge in [-0.2, -0.15) is 0 Å². The van der Waals surface area contributed by atoms with Gasteiger partial charge in [0.2, 0.25) is 0 Å². The lowest BCUT2D eigenvalue weighted by atomic mass is 9.50. The minimum Gasteiger partial charge on any atom is -0.396 e. The number of rotatable bonds is 1. The Labute approximate surface area is 110 Å². The van der Waals surface area contributed by atoms with Gasteiger partial charge < -0.3 is 14.9 Å². The summed E-state index contributed by atoms with van der Waals surface area (Å²) in [4.78, 5) is 0. The molecule has 18 heavy (non-hydrogen) atoms. The molecule has 3 heteroatoms. The van der Waals surface area contributed by atoms with Crippen molar-refractivity contribution in [2.75, 3.05) is 6.61 Å². The Morgan fingerprint density at radius 1 is 1.22 bits per heavy atom. The Kier molecular flexibility index (Phi) is 2.82. The molecule has 0 spiro atoms. The number of aliphatic hydroxyl groups is 2. The molecule has 0 aromatic heterocycles. The second kappa shape index (κ2) is 3.94. The van der Waals surface area contributed by atoms with Crippen molar-refractivity contribution in [2.24, 2.45) is 23.2 Å². The van der Waals surface area contributed by atoms with Gasteiger partial charge in [0.05, 0.1) is 12.2 Å². The molecule has 1 aliphatic heterocycles. The number of hydrogen-bond donors (Lipinski definition) is 2. The molecule has 3 fully saturated rings. The molecular weight excluding hydrogens is 228 g/mol. The van der Waals surface area contributed by atoms with E-state index >= 15 is 0 Å². The van der Waals surface area contributed by atoms with E-state index in [9.17, 15) is 10.2 Å². The average Bonchev–Trinajstić information content (AvgIpc) is 2.97. The van der Waals surface area contributed by atoms with E-state index in [2.05, 4.69) is 13.8 Å². The van der Waals surface area contributed by atoms with Crippen LogP contribution in [0, 0.1) is 23.2 Å². The van der Waals surface area contributed by atoms with Gasteiger partial charge in [-0.3, -0.25) is 0 Å². The van der Waals surface area contributed by atoms with E-state index in [1.165, 1.54) is 6.42 Å². The molecule has 2 N–H and O–H groups in total. The summed E-state index contributed by atoms with van der Waals surface area (Å²) in [6.07, 6.45) is 3.93. The molecule has 6 atom stereocenters. The third-order valence-electron chi connectivity index (χ3n) is 6.04. The molecule has 0 aromatic carbocycles. The maximum Gasteiger partial charge on any atom is 0.118 e. The van der Waals surface area contributed by atoms with Gasteiger partial charge in [-0.1, -0.05) is 13.8 Å². The highest BCUT2D eigenvalue weighted by atomic mass is 16.6. The molecule has 3 rings (SSSR count). The van der Waals surface area contributed by atoms with Gasteiger partial charge in [0.1, 0.15) is 5.60 Å². The summed E-state index contributed by atoms with van der Waals surface area (Å²) in [7, 11) is 0. The molecule has 3 aliphatic rings. The number of aliphatic hydroxyl groups excluding tert-OH is 2. The molecule has 0 amide bonds. The third-order valence-corrected chi connectivity index (χ3v) is 6.04. The summed E-state index contributed by atoms with van der Waals surface area (Å²) in [6.45, 7) is 6.92. The van der Waals surface area contributed by atoms with E-state index < -0.39 is 0 Å². The number of fused-ring (bicyclic) bond motifs is 2. The second-order valence-corrected chi connectivity index (χ2v) is 7.52. The lowest BCUT2D eigenvalue weighted by Gasteiger charge is -2.55. The van der Waals surface area contributed by atoms with E-state index in [0.29, 0.717) is 23.2 Å². The fourth-order valence-corrected chi connectivity index (χ4v) is 4.50. The van der Waals surface area contributed by atoms with Crippen molar-refractivity contribution < 1.29 is 14.9 Å². The summed E-state index contributed by atoms with van der Waals surface area (Å²) in [5, 5.41) is 20.1. The lowest BCUT2D eigenvalue weighted by Crippen LogP contribution is -2.50. The van der Waals surface area contributed by atoms with Crippen LogP contribution in [0.25, 0.3) is 0 Å². The first-order valence-corrected chi connectivity index (χ1v) is 7.35. The smallest absolute Gasteiger partial charge is 0.118 e. The van der Waals surface area contributed by atoms with Gasteiger partial charge in [-0.05, 0) is 55.8 Å². The zero-order valence-corrected chi connectivity index (χ0v) is 11.7. The first kappa shape index (κ1) is 12.9. The van der Waals surface area contributed by atoms with Crippen molar-refractivity contribution in [2.45, 2.75) is 64.3 Å². The van der Waals surface area contributed by atoms with E-state index in [4.69, 9.17) is 4.74 Å². The molecule has 2 saturated carbocycles. The van der Waals surface area contributed by atoms with Gasteiger partial charge in [0.15, 0.2) is 0 Å². The zero-order chi connectivity index (χ0) is 13.1. The molecule has 2 aliphatic carbocycles. The van der Waals surface area contributed by atoms with Crippen LogP contribution in [0.3, 0.4) is 0 Å². The monoisotopic (exact) mass is 254 g/mol. The fourth-order valence-electron chi connectivity index (χ4n) is 4.50. The van der Waals surface area contributed by atoms with E-state index in [1.54, 1.807) is 0 Å². The van der Waals surface area contributed by atoms with Gasteiger partial charge in [-0.25, -0.2) is 0 Å².